The van der Waals surface area contributed by atoms with E-state index in [1.165, 1.54) is 12.1 Å². The van der Waals surface area contributed by atoms with E-state index in [2.05, 4.69) is 20.3 Å². The number of fused-ring (bicyclic) bond motifs is 1. The van der Waals surface area contributed by atoms with Gasteiger partial charge in [0.1, 0.15) is 5.75 Å². The van der Waals surface area contributed by atoms with Crippen LogP contribution in [0.1, 0.15) is 26.7 Å². The highest BCUT2D eigenvalue weighted by Gasteiger charge is 2.44. The maximum absolute atomic E-state index is 12.3. The van der Waals surface area contributed by atoms with Crippen LogP contribution in [0, 0.1) is 17.8 Å². The molecule has 1 saturated carbocycles. The minimum Gasteiger partial charge on any atom is -0.406 e. The van der Waals surface area contributed by atoms with Crippen LogP contribution in [0.3, 0.4) is 0 Å². The molecule has 1 saturated heterocycles. The molecule has 2 N–H and O–H groups in total. The third-order valence-corrected chi connectivity index (χ3v) is 5.88. The van der Waals surface area contributed by atoms with Crippen LogP contribution in [0.5, 0.6) is 5.75 Å². The van der Waals surface area contributed by atoms with Gasteiger partial charge in [-0.25, -0.2) is 0 Å². The second kappa shape index (κ2) is 8.19. The summed E-state index contributed by atoms with van der Waals surface area (Å²) in [5.41, 5.74) is 0.898. The number of amides is 1. The van der Waals surface area contributed by atoms with Crippen molar-refractivity contribution in [1.29, 1.82) is 0 Å². The predicted octanol–water partition coefficient (Wildman–Crippen LogP) is 3.16. The molecule has 1 aromatic carbocycles. The van der Waals surface area contributed by atoms with Crippen LogP contribution in [-0.2, 0) is 4.79 Å². The van der Waals surface area contributed by atoms with Crippen molar-refractivity contribution in [2.45, 2.75) is 45.1 Å². The Morgan fingerprint density at radius 3 is 2.43 bits per heavy atom. The van der Waals surface area contributed by atoms with E-state index in [4.69, 9.17) is 0 Å². The lowest BCUT2D eigenvalue weighted by molar-refractivity contribution is -0.274. The molecule has 5 nitrogen and oxygen atoms in total. The third kappa shape index (κ3) is 4.71. The van der Waals surface area contributed by atoms with Crippen LogP contribution < -0.4 is 20.3 Å². The molecule has 1 aromatic rings. The molecule has 0 radical (unpaired) electrons. The summed E-state index contributed by atoms with van der Waals surface area (Å²) in [6, 6.07) is 6.10. The molecule has 2 aliphatic rings. The second-order valence-corrected chi connectivity index (χ2v) is 8.06. The van der Waals surface area contributed by atoms with Crippen LogP contribution in [0.2, 0.25) is 0 Å². The zero-order valence-corrected chi connectivity index (χ0v) is 16.4. The molecule has 0 bridgehead atoms. The molecule has 1 aliphatic carbocycles. The molecule has 28 heavy (non-hydrogen) atoms. The number of hydrogen-bond acceptors (Lipinski definition) is 4. The first kappa shape index (κ1) is 20.8. The highest BCUT2D eigenvalue weighted by Crippen LogP contribution is 2.40. The van der Waals surface area contributed by atoms with Gasteiger partial charge < -0.3 is 20.3 Å². The number of likely N-dealkylation sites (N-methyl/N-ethyl adjacent to an activating group) is 1. The first-order chi connectivity index (χ1) is 13.2. The highest BCUT2D eigenvalue weighted by molar-refractivity contribution is 5.81. The maximum Gasteiger partial charge on any atom is 0.573 e. The Balaban J connectivity index is 1.63. The molecule has 8 heteroatoms. The van der Waals surface area contributed by atoms with E-state index in [0.29, 0.717) is 11.8 Å². The summed E-state index contributed by atoms with van der Waals surface area (Å²) in [6.07, 6.45) is -2.54. The van der Waals surface area contributed by atoms with Gasteiger partial charge in [0.05, 0.1) is 6.04 Å². The Morgan fingerprint density at radius 1 is 1.18 bits per heavy atom. The molecule has 1 aliphatic heterocycles. The first-order valence-electron chi connectivity index (χ1n) is 9.76. The number of carbonyl (C=O) groups excluding carboxylic acids is 1. The Morgan fingerprint density at radius 2 is 1.86 bits per heavy atom. The Labute approximate surface area is 163 Å². The normalized spacial score (nSPS) is 25.7. The summed E-state index contributed by atoms with van der Waals surface area (Å²) in [4.78, 5) is 14.4. The lowest BCUT2D eigenvalue weighted by Crippen LogP contribution is -2.52. The van der Waals surface area contributed by atoms with Crippen molar-refractivity contribution < 1.29 is 22.7 Å². The van der Waals surface area contributed by atoms with Crippen LogP contribution in [0.15, 0.2) is 24.3 Å². The van der Waals surface area contributed by atoms with Crippen molar-refractivity contribution in [3.63, 3.8) is 0 Å². The van der Waals surface area contributed by atoms with Gasteiger partial charge in [0.25, 0.3) is 0 Å². The van der Waals surface area contributed by atoms with Crippen LogP contribution in [0.4, 0.5) is 18.9 Å². The summed E-state index contributed by atoms with van der Waals surface area (Å²) in [7, 11) is 1.65. The quantitative estimate of drug-likeness (QED) is 0.772. The Hall–Kier alpha value is -1.96. The van der Waals surface area contributed by atoms with Gasteiger partial charge in [0.2, 0.25) is 5.91 Å². The Kier molecular flexibility index (Phi) is 6.07. The maximum atomic E-state index is 12.3. The number of rotatable bonds is 6. The molecular weight excluding hydrogens is 371 g/mol. The fraction of sp³-hybridized carbons (Fsp3) is 0.650. The average molecular weight is 399 g/mol. The smallest absolute Gasteiger partial charge is 0.406 e. The molecule has 1 amide bonds. The summed E-state index contributed by atoms with van der Waals surface area (Å²) >= 11 is 0. The van der Waals surface area contributed by atoms with Crippen LogP contribution in [-0.4, -0.2) is 44.5 Å². The number of carbonyl (C=O) groups is 1. The number of alkyl halides is 3. The zero-order valence-electron chi connectivity index (χ0n) is 16.4. The zero-order chi connectivity index (χ0) is 20.5. The van der Waals surface area contributed by atoms with Gasteiger partial charge in [-0.15, -0.1) is 13.2 Å². The lowest BCUT2D eigenvalue weighted by atomic mass is 9.95. The standard InChI is InChI=1S/C20H28F3N3O2/c1-12(2)18(19(27)24-3)25-17-9-4-13-10-26(11-16(13)17)14-5-7-15(8-6-14)28-20(21,22)23/h5-8,12-13,16-18,25H,4,9-11H2,1-3H3,(H,24,27)/t13-,16+,17+,18+/m1/s1. The summed E-state index contributed by atoms with van der Waals surface area (Å²) in [6.45, 7) is 5.78. The number of benzene rings is 1. The van der Waals surface area contributed by atoms with Gasteiger partial charge in [0.15, 0.2) is 0 Å². The molecule has 0 spiro atoms. The second-order valence-electron chi connectivity index (χ2n) is 8.06. The molecular formula is C20H28F3N3O2. The van der Waals surface area contributed by atoms with E-state index in [9.17, 15) is 18.0 Å². The van der Waals surface area contributed by atoms with E-state index in [-0.39, 0.29) is 29.7 Å². The number of nitrogens with one attached hydrogen (secondary N) is 2. The van der Waals surface area contributed by atoms with E-state index < -0.39 is 6.36 Å². The summed E-state index contributed by atoms with van der Waals surface area (Å²) in [5.74, 6) is 0.949. The molecule has 0 unspecified atom stereocenters. The van der Waals surface area contributed by atoms with Crippen molar-refractivity contribution >= 4 is 11.6 Å². The number of hydrogen-bond donors (Lipinski definition) is 2. The minimum atomic E-state index is -4.68. The van der Waals surface area contributed by atoms with E-state index in [1.807, 2.05) is 13.8 Å². The Bertz CT molecular complexity index is 678. The molecule has 4 atom stereocenters. The molecule has 2 fully saturated rings. The largest absolute Gasteiger partial charge is 0.573 e. The summed E-state index contributed by atoms with van der Waals surface area (Å²) in [5, 5.41) is 6.29. The van der Waals surface area contributed by atoms with Crippen LogP contribution >= 0.6 is 0 Å². The van der Waals surface area contributed by atoms with Gasteiger partial charge in [-0.1, -0.05) is 13.8 Å². The fourth-order valence-electron chi connectivity index (χ4n) is 4.50. The van der Waals surface area contributed by atoms with E-state index in [0.717, 1.165) is 31.6 Å². The minimum absolute atomic E-state index is 0.00792. The van der Waals surface area contributed by atoms with Crippen molar-refractivity contribution in [3.8, 4) is 5.75 Å². The molecule has 1 heterocycles. The number of nitrogens with zero attached hydrogens (tertiary/aromatic N) is 1. The van der Waals surface area contributed by atoms with Gasteiger partial charge in [0, 0.05) is 31.9 Å². The van der Waals surface area contributed by atoms with Gasteiger partial charge in [-0.2, -0.15) is 0 Å². The lowest BCUT2D eigenvalue weighted by Gasteiger charge is -2.29. The van der Waals surface area contributed by atoms with Gasteiger partial charge in [-0.3, -0.25) is 4.79 Å². The van der Waals surface area contributed by atoms with Crippen molar-refractivity contribution in [2.24, 2.45) is 17.8 Å². The number of ether oxygens (including phenoxy) is 1. The monoisotopic (exact) mass is 399 g/mol. The first-order valence-corrected chi connectivity index (χ1v) is 9.76. The number of anilines is 1. The van der Waals surface area contributed by atoms with E-state index >= 15 is 0 Å². The highest BCUT2D eigenvalue weighted by atomic mass is 19.4. The topological polar surface area (TPSA) is 53.6 Å². The molecule has 3 rings (SSSR count). The molecule has 156 valence electrons. The fourth-order valence-corrected chi connectivity index (χ4v) is 4.50. The van der Waals surface area contributed by atoms with Gasteiger partial charge in [-0.05, 0) is 54.9 Å². The number of halogens is 3. The van der Waals surface area contributed by atoms with Crippen molar-refractivity contribution in [1.82, 2.24) is 10.6 Å². The van der Waals surface area contributed by atoms with Crippen molar-refractivity contribution in [3.05, 3.63) is 24.3 Å². The summed E-state index contributed by atoms with van der Waals surface area (Å²) < 4.78 is 40.9. The van der Waals surface area contributed by atoms with Gasteiger partial charge >= 0.3 is 6.36 Å². The van der Waals surface area contributed by atoms with Crippen LogP contribution in [0.25, 0.3) is 0 Å². The third-order valence-electron chi connectivity index (χ3n) is 5.88. The predicted molar refractivity (Wildman–Crippen MR) is 101 cm³/mol. The molecule has 0 aromatic heterocycles. The van der Waals surface area contributed by atoms with Crippen molar-refractivity contribution in [2.75, 3.05) is 25.0 Å². The SMILES string of the molecule is CNC(=O)[C@@H](N[C@H]1CC[C@@H]2CN(c3ccc(OC(F)(F)F)cc3)C[C@@H]21)C(C)C. The van der Waals surface area contributed by atoms with E-state index in [1.54, 1.807) is 19.2 Å². The average Bonchev–Trinajstić information content (AvgIpc) is 3.19.